The third-order valence-corrected chi connectivity index (χ3v) is 11.8. The van der Waals surface area contributed by atoms with Crippen LogP contribution in [0.1, 0.15) is 32.8 Å². The number of benzene rings is 3. The molecule has 3 aromatic rings. The van der Waals surface area contributed by atoms with E-state index < -0.39 is 13.7 Å². The van der Waals surface area contributed by atoms with Gasteiger partial charge in [0.25, 0.3) is 8.32 Å². The third-order valence-electron chi connectivity index (χ3n) is 6.83. The molecule has 31 heavy (non-hydrogen) atoms. The zero-order valence-corrected chi connectivity index (χ0v) is 19.5. The van der Waals surface area contributed by atoms with E-state index in [4.69, 9.17) is 4.43 Å². The maximum atomic E-state index is 13.9. The number of hydrogen-bond acceptors (Lipinski definition) is 2. The van der Waals surface area contributed by atoms with Crippen LogP contribution in [0.2, 0.25) is 5.04 Å². The van der Waals surface area contributed by atoms with Crippen molar-refractivity contribution in [3.63, 3.8) is 0 Å². The molecule has 0 saturated heterocycles. The Kier molecular flexibility index (Phi) is 5.90. The van der Waals surface area contributed by atoms with E-state index in [1.165, 1.54) is 16.4 Å². The van der Waals surface area contributed by atoms with Crippen molar-refractivity contribution in [1.82, 2.24) is 0 Å². The van der Waals surface area contributed by atoms with Gasteiger partial charge in [0.1, 0.15) is 5.82 Å². The highest BCUT2D eigenvalue weighted by Gasteiger charge is 2.57. The number of rotatable bonds is 7. The van der Waals surface area contributed by atoms with E-state index >= 15 is 0 Å². The summed E-state index contributed by atoms with van der Waals surface area (Å²) in [5, 5.41) is 12.6. The van der Waals surface area contributed by atoms with Crippen molar-refractivity contribution in [3.8, 4) is 0 Å². The van der Waals surface area contributed by atoms with Gasteiger partial charge in [-0.25, -0.2) is 4.39 Å². The van der Waals surface area contributed by atoms with Gasteiger partial charge in [0.15, 0.2) is 0 Å². The van der Waals surface area contributed by atoms with E-state index in [1.807, 2.05) is 18.2 Å². The Bertz CT molecular complexity index is 977. The van der Waals surface area contributed by atoms with Crippen molar-refractivity contribution in [1.29, 1.82) is 0 Å². The van der Waals surface area contributed by atoms with Crippen molar-refractivity contribution in [3.05, 3.63) is 96.3 Å². The molecule has 4 heteroatoms. The standard InChI is InChI=1S/C27H31FO2Si/c1-26(2,3)31(24-13-6-4-7-14-24,25-15-8-5-9-16-25)30-19-22-18-27(22,20-29)21-11-10-12-23(28)17-21/h4-17,22,29H,18-20H2,1-3H3/t22?,27-/m1/s1. The highest BCUT2D eigenvalue weighted by atomic mass is 28.4. The van der Waals surface area contributed by atoms with Crippen LogP contribution in [0.15, 0.2) is 84.9 Å². The molecule has 0 spiro atoms. The van der Waals surface area contributed by atoms with Gasteiger partial charge in [0.2, 0.25) is 0 Å². The second-order valence-corrected chi connectivity index (χ2v) is 14.0. The fraction of sp³-hybridized carbons (Fsp3) is 0.333. The summed E-state index contributed by atoms with van der Waals surface area (Å²) in [5.41, 5.74) is 0.457. The molecule has 0 amide bonds. The predicted molar refractivity (Wildman–Crippen MR) is 127 cm³/mol. The minimum atomic E-state index is -2.61. The lowest BCUT2D eigenvalue weighted by Crippen LogP contribution is -2.66. The first-order chi connectivity index (χ1) is 14.8. The first kappa shape index (κ1) is 21.9. The molecular weight excluding hydrogens is 403 g/mol. The lowest BCUT2D eigenvalue weighted by Gasteiger charge is -2.43. The largest absolute Gasteiger partial charge is 0.407 e. The third kappa shape index (κ3) is 3.89. The van der Waals surface area contributed by atoms with E-state index in [0.717, 1.165) is 12.0 Å². The summed E-state index contributed by atoms with van der Waals surface area (Å²) in [6.45, 7) is 7.34. The molecule has 2 nitrogen and oxygen atoms in total. The van der Waals surface area contributed by atoms with Gasteiger partial charge in [-0.1, -0.05) is 93.6 Å². The average molecular weight is 435 g/mol. The molecule has 3 aromatic carbocycles. The summed E-state index contributed by atoms with van der Waals surface area (Å²) in [4.78, 5) is 0. The lowest BCUT2D eigenvalue weighted by atomic mass is 9.94. The molecule has 1 unspecified atom stereocenters. The smallest absolute Gasteiger partial charge is 0.261 e. The van der Waals surface area contributed by atoms with Crippen molar-refractivity contribution >= 4 is 18.7 Å². The van der Waals surface area contributed by atoms with Crippen LogP contribution in [0.25, 0.3) is 0 Å². The number of hydrogen-bond donors (Lipinski definition) is 1. The molecule has 1 aliphatic carbocycles. The quantitative estimate of drug-likeness (QED) is 0.549. The zero-order chi connectivity index (χ0) is 22.1. The molecule has 1 saturated carbocycles. The van der Waals surface area contributed by atoms with Crippen LogP contribution in [0, 0.1) is 11.7 Å². The SMILES string of the molecule is CC(C)(C)[Si](OCC1C[C@@]1(CO)c1cccc(F)c1)(c1ccccc1)c1ccccc1. The molecule has 1 fully saturated rings. The Labute approximate surface area is 185 Å². The second kappa shape index (κ2) is 8.34. The van der Waals surface area contributed by atoms with Crippen LogP contribution in [-0.4, -0.2) is 26.6 Å². The Hall–Kier alpha value is -2.27. The summed E-state index contributed by atoms with van der Waals surface area (Å²) in [6.07, 6.45) is 0.811. The van der Waals surface area contributed by atoms with E-state index in [-0.39, 0.29) is 23.4 Å². The highest BCUT2D eigenvalue weighted by molar-refractivity contribution is 6.99. The lowest BCUT2D eigenvalue weighted by molar-refractivity contribution is 0.217. The summed E-state index contributed by atoms with van der Waals surface area (Å²) >= 11 is 0. The van der Waals surface area contributed by atoms with Gasteiger partial charge in [0.05, 0.1) is 6.61 Å². The normalized spacial score (nSPS) is 21.1. The molecule has 4 rings (SSSR count). The van der Waals surface area contributed by atoms with Crippen LogP contribution in [0.3, 0.4) is 0 Å². The number of aliphatic hydroxyl groups excluding tert-OH is 1. The van der Waals surface area contributed by atoms with Gasteiger partial charge in [-0.3, -0.25) is 0 Å². The van der Waals surface area contributed by atoms with Crippen LogP contribution >= 0.6 is 0 Å². The first-order valence-corrected chi connectivity index (χ1v) is 12.9. The first-order valence-electron chi connectivity index (χ1n) is 11.0. The van der Waals surface area contributed by atoms with E-state index in [0.29, 0.717) is 6.61 Å². The second-order valence-electron chi connectivity index (χ2n) is 9.70. The Morgan fingerprint density at radius 3 is 2.00 bits per heavy atom. The molecule has 0 heterocycles. The van der Waals surface area contributed by atoms with Crippen molar-refractivity contribution in [2.24, 2.45) is 5.92 Å². The van der Waals surface area contributed by atoms with E-state index in [9.17, 15) is 9.50 Å². The monoisotopic (exact) mass is 434 g/mol. The molecule has 0 radical (unpaired) electrons. The molecule has 0 bridgehead atoms. The van der Waals surface area contributed by atoms with Gasteiger partial charge in [0, 0.05) is 12.0 Å². The fourth-order valence-corrected chi connectivity index (χ4v) is 9.63. The van der Waals surface area contributed by atoms with Crippen molar-refractivity contribution in [2.45, 2.75) is 37.6 Å². The van der Waals surface area contributed by atoms with E-state index in [2.05, 4.69) is 69.3 Å². The maximum absolute atomic E-state index is 13.9. The maximum Gasteiger partial charge on any atom is 0.261 e. The van der Waals surface area contributed by atoms with Crippen LogP contribution in [0.5, 0.6) is 0 Å². The summed E-state index contributed by atoms with van der Waals surface area (Å²) in [6, 6.07) is 27.8. The molecule has 1 aliphatic rings. The van der Waals surface area contributed by atoms with Gasteiger partial charge in [-0.2, -0.15) is 0 Å². The number of aliphatic hydroxyl groups is 1. The molecule has 1 N–H and O–H groups in total. The zero-order valence-electron chi connectivity index (χ0n) is 18.5. The molecular formula is C27H31FO2Si. The molecule has 162 valence electrons. The van der Waals surface area contributed by atoms with Crippen LogP contribution < -0.4 is 10.4 Å². The summed E-state index contributed by atoms with van der Waals surface area (Å²) in [7, 11) is -2.61. The van der Waals surface area contributed by atoms with Gasteiger partial charge in [-0.05, 0) is 45.4 Å². The van der Waals surface area contributed by atoms with E-state index in [1.54, 1.807) is 12.1 Å². The van der Waals surface area contributed by atoms with Gasteiger partial charge < -0.3 is 9.53 Å². The fourth-order valence-electron chi connectivity index (χ4n) is 5.02. The molecule has 0 aromatic heterocycles. The minimum absolute atomic E-state index is 0.00519. The molecule has 0 aliphatic heterocycles. The minimum Gasteiger partial charge on any atom is -0.407 e. The topological polar surface area (TPSA) is 29.5 Å². The van der Waals surface area contributed by atoms with Gasteiger partial charge in [-0.15, -0.1) is 0 Å². The Morgan fingerprint density at radius 2 is 1.52 bits per heavy atom. The summed E-state index contributed by atoms with van der Waals surface area (Å²) in [5.74, 6) is -0.0928. The number of halogens is 1. The van der Waals surface area contributed by atoms with Crippen LogP contribution in [-0.2, 0) is 9.84 Å². The van der Waals surface area contributed by atoms with Gasteiger partial charge >= 0.3 is 0 Å². The Balaban J connectivity index is 1.70. The van der Waals surface area contributed by atoms with Crippen molar-refractivity contribution < 1.29 is 13.9 Å². The predicted octanol–water partition coefficient (Wildman–Crippen LogP) is 4.65. The highest BCUT2D eigenvalue weighted by Crippen LogP contribution is 2.54. The summed E-state index contributed by atoms with van der Waals surface area (Å²) < 4.78 is 20.9. The Morgan fingerprint density at radius 1 is 0.935 bits per heavy atom. The van der Waals surface area contributed by atoms with Crippen molar-refractivity contribution in [2.75, 3.05) is 13.2 Å². The average Bonchev–Trinajstić information content (AvgIpc) is 3.49. The molecule has 2 atom stereocenters. The van der Waals surface area contributed by atoms with Crippen LogP contribution in [0.4, 0.5) is 4.39 Å².